The number of aryl methyl sites for hydroxylation is 1. The molecule has 10 heteroatoms. The van der Waals surface area contributed by atoms with Crippen molar-refractivity contribution < 1.29 is 10.0 Å². The number of fused-ring (bicyclic) bond motifs is 1. The molecular weight excluding hydrogens is 354 g/mol. The fourth-order valence-electron chi connectivity index (χ4n) is 2.56. The van der Waals surface area contributed by atoms with Crippen LogP contribution in [0, 0.1) is 6.92 Å². The van der Waals surface area contributed by atoms with Crippen LogP contribution in [0.25, 0.3) is 17.0 Å². The Hall–Kier alpha value is -3.37. The molecule has 26 heavy (non-hydrogen) atoms. The molecule has 0 atom stereocenters. The molecule has 0 saturated heterocycles. The number of anilines is 2. The average Bonchev–Trinajstić information content (AvgIpc) is 3.24. The molecule has 0 bridgehead atoms. The van der Waals surface area contributed by atoms with Crippen molar-refractivity contribution >= 4 is 34.0 Å². The molecule has 0 saturated carbocycles. The van der Waals surface area contributed by atoms with Gasteiger partial charge < -0.3 is 5.32 Å². The van der Waals surface area contributed by atoms with Crippen LogP contribution in [-0.4, -0.2) is 35.5 Å². The normalized spacial score (nSPS) is 10.8. The lowest BCUT2D eigenvalue weighted by Gasteiger charge is -2.05. The van der Waals surface area contributed by atoms with E-state index in [1.54, 1.807) is 17.7 Å². The second-order valence-corrected chi connectivity index (χ2v) is 6.20. The van der Waals surface area contributed by atoms with E-state index >= 15 is 0 Å². The quantitative estimate of drug-likeness (QED) is 0.374. The molecular formula is C16H13N7O2S. The first-order valence-corrected chi connectivity index (χ1v) is 8.48. The van der Waals surface area contributed by atoms with E-state index in [-0.39, 0.29) is 5.69 Å². The molecule has 0 unspecified atom stereocenters. The Morgan fingerprint density at radius 3 is 2.96 bits per heavy atom. The lowest BCUT2D eigenvalue weighted by molar-refractivity contribution is 0.0701. The Morgan fingerprint density at radius 1 is 1.23 bits per heavy atom. The second-order valence-electron chi connectivity index (χ2n) is 5.34. The highest BCUT2D eigenvalue weighted by molar-refractivity contribution is 7.14. The molecule has 0 radical (unpaired) electrons. The van der Waals surface area contributed by atoms with Gasteiger partial charge in [-0.1, -0.05) is 6.07 Å². The highest BCUT2D eigenvalue weighted by Crippen LogP contribution is 2.25. The van der Waals surface area contributed by atoms with Crippen LogP contribution in [0.5, 0.6) is 0 Å². The van der Waals surface area contributed by atoms with E-state index in [0.29, 0.717) is 16.8 Å². The summed E-state index contributed by atoms with van der Waals surface area (Å²) >= 11 is 1.21. The van der Waals surface area contributed by atoms with E-state index in [9.17, 15) is 4.79 Å². The van der Waals surface area contributed by atoms with Gasteiger partial charge in [0.15, 0.2) is 5.13 Å². The van der Waals surface area contributed by atoms with Gasteiger partial charge in [0, 0.05) is 17.8 Å². The number of imidazole rings is 1. The number of carbonyl (C=O) groups is 1. The van der Waals surface area contributed by atoms with Crippen molar-refractivity contribution in [2.45, 2.75) is 6.92 Å². The van der Waals surface area contributed by atoms with Gasteiger partial charge in [0.05, 0.1) is 17.1 Å². The topological polar surface area (TPSA) is 117 Å². The fraction of sp³-hybridized carbons (Fsp3) is 0.0625. The summed E-state index contributed by atoms with van der Waals surface area (Å²) in [4.78, 5) is 28.7. The summed E-state index contributed by atoms with van der Waals surface area (Å²) < 4.78 is 1.97. The Balaban J connectivity index is 1.67. The molecule has 130 valence electrons. The predicted molar refractivity (Wildman–Crippen MR) is 95.6 cm³/mol. The van der Waals surface area contributed by atoms with E-state index in [0.717, 1.165) is 17.0 Å². The van der Waals surface area contributed by atoms with E-state index in [4.69, 9.17) is 5.21 Å². The zero-order chi connectivity index (χ0) is 18.1. The van der Waals surface area contributed by atoms with Crippen molar-refractivity contribution in [3.8, 4) is 11.4 Å². The number of amides is 1. The van der Waals surface area contributed by atoms with Crippen LogP contribution < -0.4 is 10.8 Å². The number of pyridine rings is 1. The SMILES string of the molecule is Cc1nc2ccccn2c1-c1ccnc(Nc2nc(C(=O)NO)cs2)n1. The minimum atomic E-state index is -0.676. The summed E-state index contributed by atoms with van der Waals surface area (Å²) in [5.41, 5.74) is 4.94. The zero-order valence-corrected chi connectivity index (χ0v) is 14.4. The molecule has 4 rings (SSSR count). The van der Waals surface area contributed by atoms with Crippen molar-refractivity contribution in [3.63, 3.8) is 0 Å². The number of thiazole rings is 1. The second kappa shape index (κ2) is 6.50. The number of rotatable bonds is 4. The van der Waals surface area contributed by atoms with E-state index < -0.39 is 5.91 Å². The number of hydrogen-bond donors (Lipinski definition) is 3. The molecule has 3 N–H and O–H groups in total. The number of aromatic nitrogens is 5. The predicted octanol–water partition coefficient (Wildman–Crippen LogP) is 2.42. The van der Waals surface area contributed by atoms with E-state index in [1.165, 1.54) is 16.7 Å². The Kier molecular flexibility index (Phi) is 4.03. The molecule has 9 nitrogen and oxygen atoms in total. The van der Waals surface area contributed by atoms with Gasteiger partial charge in [0.25, 0.3) is 5.91 Å². The van der Waals surface area contributed by atoms with Crippen molar-refractivity contribution in [3.05, 3.63) is 53.4 Å². The summed E-state index contributed by atoms with van der Waals surface area (Å²) in [6.07, 6.45) is 3.57. The Morgan fingerprint density at radius 2 is 2.12 bits per heavy atom. The third-order valence-corrected chi connectivity index (χ3v) is 4.42. The van der Waals surface area contributed by atoms with Gasteiger partial charge in [-0.25, -0.2) is 25.4 Å². The molecule has 0 aromatic carbocycles. The molecule has 4 aromatic rings. The first kappa shape index (κ1) is 16.1. The molecule has 0 fully saturated rings. The monoisotopic (exact) mass is 367 g/mol. The van der Waals surface area contributed by atoms with Gasteiger partial charge in [-0.05, 0) is 25.1 Å². The minimum Gasteiger partial charge on any atom is -0.300 e. The van der Waals surface area contributed by atoms with E-state index in [2.05, 4.69) is 25.3 Å². The van der Waals surface area contributed by atoms with Crippen LogP contribution in [0.2, 0.25) is 0 Å². The number of hydrogen-bond acceptors (Lipinski definition) is 8. The summed E-state index contributed by atoms with van der Waals surface area (Å²) in [7, 11) is 0. The van der Waals surface area contributed by atoms with Crippen molar-refractivity contribution in [1.82, 2.24) is 29.8 Å². The number of nitrogens with one attached hydrogen (secondary N) is 2. The van der Waals surface area contributed by atoms with E-state index in [1.807, 2.05) is 35.7 Å². The fourth-order valence-corrected chi connectivity index (χ4v) is 3.25. The smallest absolute Gasteiger partial charge is 0.294 e. The van der Waals surface area contributed by atoms with Crippen molar-refractivity contribution in [2.24, 2.45) is 0 Å². The van der Waals surface area contributed by atoms with Gasteiger partial charge in [-0.15, -0.1) is 11.3 Å². The zero-order valence-electron chi connectivity index (χ0n) is 13.5. The number of nitrogens with zero attached hydrogens (tertiary/aromatic N) is 5. The maximum absolute atomic E-state index is 11.4. The van der Waals surface area contributed by atoms with Gasteiger partial charge in [-0.3, -0.25) is 14.4 Å². The van der Waals surface area contributed by atoms with Crippen molar-refractivity contribution in [1.29, 1.82) is 0 Å². The Labute approximate surface area is 151 Å². The van der Waals surface area contributed by atoms with Crippen LogP contribution in [-0.2, 0) is 0 Å². The third kappa shape index (κ3) is 2.87. The van der Waals surface area contributed by atoms with Crippen LogP contribution in [0.4, 0.5) is 11.1 Å². The number of carbonyl (C=O) groups excluding carboxylic acids is 1. The number of hydroxylamine groups is 1. The largest absolute Gasteiger partial charge is 0.300 e. The average molecular weight is 367 g/mol. The highest BCUT2D eigenvalue weighted by atomic mass is 32.1. The third-order valence-electron chi connectivity index (χ3n) is 3.66. The summed E-state index contributed by atoms with van der Waals surface area (Å²) in [6, 6.07) is 7.60. The molecule has 4 heterocycles. The van der Waals surface area contributed by atoms with Crippen LogP contribution in [0.3, 0.4) is 0 Å². The Bertz CT molecular complexity index is 1100. The van der Waals surface area contributed by atoms with Crippen LogP contribution >= 0.6 is 11.3 Å². The summed E-state index contributed by atoms with van der Waals surface area (Å²) in [5.74, 6) is -0.330. The molecule has 4 aromatic heterocycles. The van der Waals surface area contributed by atoms with Gasteiger partial charge in [0.2, 0.25) is 5.95 Å². The standard InChI is InChI=1S/C16H13N7O2S/c1-9-13(23-7-3-2-4-12(23)18-9)10-5-6-17-15(19-10)21-16-20-11(8-26-16)14(24)22-25/h2-8,25H,1H3,(H,22,24)(H,17,19,20,21). The molecule has 0 aliphatic heterocycles. The maximum atomic E-state index is 11.4. The lowest BCUT2D eigenvalue weighted by atomic mass is 10.2. The van der Waals surface area contributed by atoms with Gasteiger partial charge in [0.1, 0.15) is 11.3 Å². The highest BCUT2D eigenvalue weighted by Gasteiger charge is 2.14. The van der Waals surface area contributed by atoms with Gasteiger partial charge in [-0.2, -0.15) is 0 Å². The lowest BCUT2D eigenvalue weighted by Crippen LogP contribution is -2.18. The molecule has 1 amide bonds. The summed E-state index contributed by atoms with van der Waals surface area (Å²) in [5, 5.41) is 13.6. The summed E-state index contributed by atoms with van der Waals surface area (Å²) in [6.45, 7) is 1.93. The molecule has 0 spiro atoms. The van der Waals surface area contributed by atoms with Gasteiger partial charge >= 0.3 is 0 Å². The first-order valence-electron chi connectivity index (χ1n) is 7.60. The van der Waals surface area contributed by atoms with Crippen LogP contribution in [0.15, 0.2) is 42.0 Å². The minimum absolute atomic E-state index is 0.105. The first-order chi connectivity index (χ1) is 12.7. The van der Waals surface area contributed by atoms with Crippen LogP contribution in [0.1, 0.15) is 16.2 Å². The molecule has 0 aliphatic carbocycles. The molecule has 0 aliphatic rings. The maximum Gasteiger partial charge on any atom is 0.294 e. The van der Waals surface area contributed by atoms with Crippen molar-refractivity contribution in [2.75, 3.05) is 5.32 Å².